The summed E-state index contributed by atoms with van der Waals surface area (Å²) in [5.74, 6) is 0.968. The van der Waals surface area contributed by atoms with Crippen LogP contribution in [0.5, 0.6) is 11.5 Å². The molecule has 0 amide bonds. The fourth-order valence-electron chi connectivity index (χ4n) is 2.52. The van der Waals surface area contributed by atoms with Gasteiger partial charge in [0, 0.05) is 27.2 Å². The third kappa shape index (κ3) is 5.61. The van der Waals surface area contributed by atoms with Crippen molar-refractivity contribution in [2.45, 2.75) is 19.7 Å². The summed E-state index contributed by atoms with van der Waals surface area (Å²) in [4.78, 5) is 6.24. The first-order valence-electron chi connectivity index (χ1n) is 8.11. The van der Waals surface area contributed by atoms with E-state index in [9.17, 15) is 8.78 Å². The Hall–Kier alpha value is -2.83. The fourth-order valence-corrected chi connectivity index (χ4v) is 2.52. The van der Waals surface area contributed by atoms with Gasteiger partial charge >= 0.3 is 6.61 Å². The number of hydrogen-bond acceptors (Lipinski definition) is 3. The number of benzene rings is 2. The topological polar surface area (TPSA) is 46.1 Å². The molecule has 0 radical (unpaired) electrons. The highest BCUT2D eigenvalue weighted by molar-refractivity contribution is 5.79. The maximum absolute atomic E-state index is 12.5. The van der Waals surface area contributed by atoms with Crippen molar-refractivity contribution in [1.82, 2.24) is 10.2 Å². The van der Waals surface area contributed by atoms with E-state index in [2.05, 4.69) is 15.0 Å². The summed E-state index contributed by atoms with van der Waals surface area (Å²) in [5, 5.41) is 3.22. The molecule has 2 aromatic rings. The molecule has 0 aliphatic carbocycles. The van der Waals surface area contributed by atoms with Gasteiger partial charge in [-0.15, -0.1) is 0 Å². The van der Waals surface area contributed by atoms with Gasteiger partial charge in [0.2, 0.25) is 0 Å². The number of halogens is 2. The molecule has 2 rings (SSSR count). The average Bonchev–Trinajstić information content (AvgIpc) is 2.63. The van der Waals surface area contributed by atoms with Crippen molar-refractivity contribution in [3.63, 3.8) is 0 Å². The van der Waals surface area contributed by atoms with E-state index in [1.807, 2.05) is 42.3 Å². The zero-order valence-corrected chi connectivity index (χ0v) is 15.1. The van der Waals surface area contributed by atoms with Crippen molar-refractivity contribution in [1.29, 1.82) is 0 Å². The number of nitrogens with one attached hydrogen (secondary N) is 1. The summed E-state index contributed by atoms with van der Waals surface area (Å²) in [6.07, 6.45) is 0. The highest BCUT2D eigenvalue weighted by Gasteiger charge is 2.12. The highest BCUT2D eigenvalue weighted by Crippen LogP contribution is 2.29. The number of alkyl halides is 2. The maximum Gasteiger partial charge on any atom is 0.387 e. The van der Waals surface area contributed by atoms with Crippen LogP contribution in [0.15, 0.2) is 53.5 Å². The van der Waals surface area contributed by atoms with Gasteiger partial charge in [0.1, 0.15) is 0 Å². The molecule has 0 aliphatic heterocycles. The standard InChI is InChI=1S/C19H23F2N3O2/c1-22-19(24(2)13-14-7-5-4-6-8-14)23-12-15-9-10-16(25-3)17(11-15)26-18(20)21/h4-11,18H,12-13H2,1-3H3,(H,22,23). The Kier molecular flexibility index (Phi) is 7.20. The van der Waals surface area contributed by atoms with Crippen molar-refractivity contribution in [3.8, 4) is 11.5 Å². The van der Waals surface area contributed by atoms with Crippen molar-refractivity contribution in [2.75, 3.05) is 21.2 Å². The van der Waals surface area contributed by atoms with Crippen LogP contribution in [0.1, 0.15) is 11.1 Å². The largest absolute Gasteiger partial charge is 0.493 e. The van der Waals surface area contributed by atoms with Crippen LogP contribution in [-0.2, 0) is 13.1 Å². The highest BCUT2D eigenvalue weighted by atomic mass is 19.3. The molecule has 0 fully saturated rings. The first-order valence-corrected chi connectivity index (χ1v) is 8.11. The molecule has 0 spiro atoms. The van der Waals surface area contributed by atoms with Crippen LogP contribution in [0.25, 0.3) is 0 Å². The molecule has 1 N–H and O–H groups in total. The van der Waals surface area contributed by atoms with Gasteiger partial charge in [-0.3, -0.25) is 4.99 Å². The Balaban J connectivity index is 2.01. The molecule has 0 heterocycles. The van der Waals surface area contributed by atoms with Crippen molar-refractivity contribution in [3.05, 3.63) is 59.7 Å². The number of hydrogen-bond donors (Lipinski definition) is 1. The molecule has 0 atom stereocenters. The van der Waals surface area contributed by atoms with E-state index < -0.39 is 6.61 Å². The first kappa shape index (κ1) is 19.5. The van der Waals surface area contributed by atoms with Gasteiger partial charge in [-0.05, 0) is 23.3 Å². The number of nitrogens with zero attached hydrogens (tertiary/aromatic N) is 2. The van der Waals surface area contributed by atoms with Crippen LogP contribution in [-0.4, -0.2) is 38.7 Å². The third-order valence-corrected chi connectivity index (χ3v) is 3.73. The lowest BCUT2D eigenvalue weighted by Gasteiger charge is -2.22. The molecular weight excluding hydrogens is 340 g/mol. The zero-order chi connectivity index (χ0) is 18.9. The van der Waals surface area contributed by atoms with E-state index in [0.29, 0.717) is 19.0 Å². The Morgan fingerprint density at radius 1 is 1.12 bits per heavy atom. The monoisotopic (exact) mass is 363 g/mol. The van der Waals surface area contributed by atoms with E-state index in [-0.39, 0.29) is 11.5 Å². The second-order valence-corrected chi connectivity index (χ2v) is 5.61. The van der Waals surface area contributed by atoms with E-state index in [1.54, 1.807) is 19.2 Å². The summed E-state index contributed by atoms with van der Waals surface area (Å²) in [7, 11) is 5.04. The smallest absolute Gasteiger partial charge is 0.387 e. The maximum atomic E-state index is 12.5. The minimum absolute atomic E-state index is 0.00873. The zero-order valence-electron chi connectivity index (χ0n) is 15.1. The number of guanidine groups is 1. The van der Waals surface area contributed by atoms with Crippen molar-refractivity contribution < 1.29 is 18.3 Å². The van der Waals surface area contributed by atoms with Gasteiger partial charge in [-0.25, -0.2) is 0 Å². The molecule has 0 unspecified atom stereocenters. The van der Waals surface area contributed by atoms with Crippen LogP contribution >= 0.6 is 0 Å². The average molecular weight is 363 g/mol. The Morgan fingerprint density at radius 2 is 1.85 bits per heavy atom. The van der Waals surface area contributed by atoms with Gasteiger partial charge in [-0.2, -0.15) is 8.78 Å². The van der Waals surface area contributed by atoms with E-state index in [4.69, 9.17) is 4.74 Å². The van der Waals surface area contributed by atoms with Crippen LogP contribution < -0.4 is 14.8 Å². The van der Waals surface area contributed by atoms with E-state index in [1.165, 1.54) is 13.2 Å². The Labute approximate surface area is 152 Å². The van der Waals surface area contributed by atoms with Gasteiger partial charge in [0.05, 0.1) is 7.11 Å². The lowest BCUT2D eigenvalue weighted by molar-refractivity contribution is -0.0512. The van der Waals surface area contributed by atoms with Gasteiger partial charge in [0.15, 0.2) is 17.5 Å². The van der Waals surface area contributed by atoms with Crippen LogP contribution in [0.4, 0.5) is 8.78 Å². The fraction of sp³-hybridized carbons (Fsp3) is 0.316. The summed E-state index contributed by atoms with van der Waals surface area (Å²) < 4.78 is 34.6. The predicted octanol–water partition coefficient (Wildman–Crippen LogP) is 3.50. The molecule has 0 aromatic heterocycles. The minimum Gasteiger partial charge on any atom is -0.493 e. The quantitative estimate of drug-likeness (QED) is 0.604. The lowest BCUT2D eigenvalue weighted by atomic mass is 10.2. The van der Waals surface area contributed by atoms with Gasteiger partial charge in [0.25, 0.3) is 0 Å². The number of methoxy groups -OCH3 is 1. The number of ether oxygens (including phenoxy) is 2. The SMILES string of the molecule is CN=C(NCc1ccc(OC)c(OC(F)F)c1)N(C)Cc1ccccc1. The lowest BCUT2D eigenvalue weighted by Crippen LogP contribution is -2.38. The molecule has 0 saturated carbocycles. The van der Waals surface area contributed by atoms with Crippen molar-refractivity contribution >= 4 is 5.96 Å². The predicted molar refractivity (Wildman–Crippen MR) is 97.7 cm³/mol. The van der Waals surface area contributed by atoms with Gasteiger partial charge < -0.3 is 19.7 Å². The third-order valence-electron chi connectivity index (χ3n) is 3.73. The molecule has 0 aliphatic rings. The van der Waals surface area contributed by atoms with Crippen LogP contribution in [0, 0.1) is 0 Å². The molecule has 140 valence electrons. The molecule has 5 nitrogen and oxygen atoms in total. The molecule has 7 heteroatoms. The number of aliphatic imine (C=N–C) groups is 1. The van der Waals surface area contributed by atoms with E-state index in [0.717, 1.165) is 11.1 Å². The normalized spacial score (nSPS) is 11.4. The molecule has 26 heavy (non-hydrogen) atoms. The number of rotatable bonds is 7. The Bertz CT molecular complexity index is 724. The molecule has 0 bridgehead atoms. The summed E-state index contributed by atoms with van der Waals surface area (Å²) in [6, 6.07) is 15.0. The second-order valence-electron chi connectivity index (χ2n) is 5.61. The molecular formula is C19H23F2N3O2. The summed E-state index contributed by atoms with van der Waals surface area (Å²) in [6.45, 7) is -1.80. The second kappa shape index (κ2) is 9.60. The van der Waals surface area contributed by atoms with E-state index >= 15 is 0 Å². The van der Waals surface area contributed by atoms with Crippen molar-refractivity contribution in [2.24, 2.45) is 4.99 Å². The van der Waals surface area contributed by atoms with Crippen LogP contribution in [0.2, 0.25) is 0 Å². The first-order chi connectivity index (χ1) is 12.5. The molecule has 2 aromatic carbocycles. The van der Waals surface area contributed by atoms with Crippen LogP contribution in [0.3, 0.4) is 0 Å². The Morgan fingerprint density at radius 3 is 2.46 bits per heavy atom. The minimum atomic E-state index is -2.91. The summed E-state index contributed by atoms with van der Waals surface area (Å²) in [5.41, 5.74) is 1.94. The molecule has 0 saturated heterocycles. The van der Waals surface area contributed by atoms with Gasteiger partial charge in [-0.1, -0.05) is 36.4 Å². The summed E-state index contributed by atoms with van der Waals surface area (Å²) >= 11 is 0.